The second-order valence-electron chi connectivity index (χ2n) is 7.02. The van der Waals surface area contributed by atoms with Crippen LogP contribution in [0.4, 0.5) is 11.4 Å². The monoisotopic (exact) mass is 367 g/mol. The molecule has 1 aromatic carbocycles. The number of carbonyl (C=O) groups excluding carboxylic acids is 1. The summed E-state index contributed by atoms with van der Waals surface area (Å²) in [6.07, 6.45) is 5.94. The van der Waals surface area contributed by atoms with Gasteiger partial charge < -0.3 is 11.1 Å². The van der Waals surface area contributed by atoms with Gasteiger partial charge in [0, 0.05) is 12.1 Å². The molecule has 25 heavy (non-hydrogen) atoms. The first-order valence-electron chi connectivity index (χ1n) is 8.90. The summed E-state index contributed by atoms with van der Waals surface area (Å²) in [5.41, 5.74) is 7.84. The van der Waals surface area contributed by atoms with Crippen molar-refractivity contribution in [1.82, 2.24) is 0 Å². The minimum absolute atomic E-state index is 0.0199. The van der Waals surface area contributed by atoms with Crippen molar-refractivity contribution in [2.24, 2.45) is 11.1 Å². The van der Waals surface area contributed by atoms with E-state index in [0.717, 1.165) is 31.2 Å². The third-order valence-electron chi connectivity index (χ3n) is 5.04. The second kappa shape index (κ2) is 8.19. The van der Waals surface area contributed by atoms with Crippen LogP contribution in [0.1, 0.15) is 51.0 Å². The molecule has 0 radical (unpaired) electrons. The molecule has 1 aliphatic rings. The molecule has 0 atom stereocenters. The quantitative estimate of drug-likeness (QED) is 0.689. The Balaban J connectivity index is 2.02. The Kier molecular flexibility index (Phi) is 6.46. The maximum Gasteiger partial charge on any atom is 0.232 e. The Morgan fingerprint density at radius 2 is 1.92 bits per heavy atom. The molecule has 0 aromatic heterocycles. The van der Waals surface area contributed by atoms with Gasteiger partial charge in [0.1, 0.15) is 0 Å². The highest BCUT2D eigenvalue weighted by Crippen LogP contribution is 2.38. The van der Waals surface area contributed by atoms with Crippen molar-refractivity contribution in [3.05, 3.63) is 23.8 Å². The SMILES string of the molecule is CCS(=O)(=O)Nc1ccc(NC(=O)CC2(CN)CCCCC2)cc1C. The summed E-state index contributed by atoms with van der Waals surface area (Å²) in [5, 5.41) is 2.92. The molecular formula is C18H29N3O3S. The van der Waals surface area contributed by atoms with Crippen molar-refractivity contribution in [2.75, 3.05) is 22.3 Å². The number of nitrogens with two attached hydrogens (primary N) is 1. The largest absolute Gasteiger partial charge is 0.330 e. The fourth-order valence-electron chi connectivity index (χ4n) is 3.40. The van der Waals surface area contributed by atoms with Crippen LogP contribution in [0.25, 0.3) is 0 Å². The van der Waals surface area contributed by atoms with E-state index in [2.05, 4.69) is 10.0 Å². The molecule has 0 unspecified atom stereocenters. The van der Waals surface area contributed by atoms with E-state index in [1.54, 1.807) is 25.1 Å². The zero-order chi connectivity index (χ0) is 18.5. The number of hydrogen-bond acceptors (Lipinski definition) is 4. The second-order valence-corrected chi connectivity index (χ2v) is 9.04. The summed E-state index contributed by atoms with van der Waals surface area (Å²) >= 11 is 0. The summed E-state index contributed by atoms with van der Waals surface area (Å²) in [6.45, 7) is 3.94. The first kappa shape index (κ1) is 19.7. The first-order valence-corrected chi connectivity index (χ1v) is 10.6. The number of sulfonamides is 1. The van der Waals surface area contributed by atoms with E-state index in [9.17, 15) is 13.2 Å². The van der Waals surface area contributed by atoms with Crippen LogP contribution in [-0.2, 0) is 14.8 Å². The van der Waals surface area contributed by atoms with E-state index in [4.69, 9.17) is 5.73 Å². The molecule has 1 saturated carbocycles. The molecule has 1 amide bonds. The van der Waals surface area contributed by atoms with Crippen molar-refractivity contribution < 1.29 is 13.2 Å². The molecule has 0 saturated heterocycles. The van der Waals surface area contributed by atoms with Gasteiger partial charge in [0.25, 0.3) is 0 Å². The number of carbonyl (C=O) groups is 1. The predicted octanol–water partition coefficient (Wildman–Crippen LogP) is 2.99. The number of benzene rings is 1. The van der Waals surface area contributed by atoms with Crippen LogP contribution >= 0.6 is 0 Å². The average molecular weight is 368 g/mol. The molecule has 4 N–H and O–H groups in total. The van der Waals surface area contributed by atoms with E-state index in [1.807, 2.05) is 6.92 Å². The first-order chi connectivity index (χ1) is 11.8. The minimum atomic E-state index is -3.31. The van der Waals surface area contributed by atoms with Crippen LogP contribution in [0.5, 0.6) is 0 Å². The summed E-state index contributed by atoms with van der Waals surface area (Å²) in [6, 6.07) is 5.17. The Morgan fingerprint density at radius 3 is 2.48 bits per heavy atom. The lowest BCUT2D eigenvalue weighted by molar-refractivity contribution is -0.118. The van der Waals surface area contributed by atoms with Gasteiger partial charge in [-0.3, -0.25) is 9.52 Å². The van der Waals surface area contributed by atoms with Crippen molar-refractivity contribution in [3.63, 3.8) is 0 Å². The molecule has 1 aromatic rings. The van der Waals surface area contributed by atoms with Crippen LogP contribution in [-0.4, -0.2) is 26.6 Å². The van der Waals surface area contributed by atoms with E-state index >= 15 is 0 Å². The summed E-state index contributed by atoms with van der Waals surface area (Å²) in [5.74, 6) is -0.0137. The van der Waals surface area contributed by atoms with Gasteiger partial charge in [-0.1, -0.05) is 19.3 Å². The Morgan fingerprint density at radius 1 is 1.24 bits per heavy atom. The smallest absolute Gasteiger partial charge is 0.232 e. The van der Waals surface area contributed by atoms with Crippen LogP contribution in [0.15, 0.2) is 18.2 Å². The number of rotatable bonds is 7. The molecule has 0 bridgehead atoms. The van der Waals surface area contributed by atoms with Gasteiger partial charge in [0.15, 0.2) is 0 Å². The maximum absolute atomic E-state index is 12.4. The topological polar surface area (TPSA) is 101 Å². The summed E-state index contributed by atoms with van der Waals surface area (Å²) in [4.78, 5) is 12.4. The molecule has 0 spiro atoms. The van der Waals surface area contributed by atoms with Crippen molar-refractivity contribution in [2.45, 2.75) is 52.4 Å². The highest BCUT2D eigenvalue weighted by atomic mass is 32.2. The lowest BCUT2D eigenvalue weighted by Gasteiger charge is -2.35. The molecule has 1 fully saturated rings. The van der Waals surface area contributed by atoms with Gasteiger partial charge >= 0.3 is 0 Å². The number of hydrogen-bond donors (Lipinski definition) is 3. The van der Waals surface area contributed by atoms with Crippen molar-refractivity contribution >= 4 is 27.3 Å². The van der Waals surface area contributed by atoms with Gasteiger partial charge in [0.2, 0.25) is 15.9 Å². The minimum Gasteiger partial charge on any atom is -0.330 e. The third kappa shape index (κ3) is 5.44. The molecular weight excluding hydrogens is 338 g/mol. The molecule has 7 heteroatoms. The van der Waals surface area contributed by atoms with E-state index in [0.29, 0.717) is 24.3 Å². The fraction of sp³-hybridized carbons (Fsp3) is 0.611. The highest BCUT2D eigenvalue weighted by molar-refractivity contribution is 7.92. The van der Waals surface area contributed by atoms with Crippen molar-refractivity contribution in [3.8, 4) is 0 Å². The van der Waals surface area contributed by atoms with Gasteiger partial charge in [-0.25, -0.2) is 8.42 Å². The third-order valence-corrected chi connectivity index (χ3v) is 6.33. The predicted molar refractivity (Wildman–Crippen MR) is 102 cm³/mol. The molecule has 6 nitrogen and oxygen atoms in total. The van der Waals surface area contributed by atoms with E-state index < -0.39 is 10.0 Å². The summed E-state index contributed by atoms with van der Waals surface area (Å²) in [7, 11) is -3.31. The van der Waals surface area contributed by atoms with Gasteiger partial charge in [0.05, 0.1) is 11.4 Å². The number of nitrogens with one attached hydrogen (secondary N) is 2. The van der Waals surface area contributed by atoms with E-state index in [1.165, 1.54) is 6.42 Å². The van der Waals surface area contributed by atoms with Crippen LogP contribution in [0.3, 0.4) is 0 Å². The average Bonchev–Trinajstić information content (AvgIpc) is 2.58. The molecule has 1 aliphatic carbocycles. The lowest BCUT2D eigenvalue weighted by atomic mass is 9.71. The van der Waals surface area contributed by atoms with Crippen molar-refractivity contribution in [1.29, 1.82) is 0 Å². The zero-order valence-electron chi connectivity index (χ0n) is 15.1. The molecule has 2 rings (SSSR count). The molecule has 140 valence electrons. The van der Waals surface area contributed by atoms with Crippen LogP contribution in [0.2, 0.25) is 0 Å². The zero-order valence-corrected chi connectivity index (χ0v) is 15.9. The highest BCUT2D eigenvalue weighted by Gasteiger charge is 2.32. The maximum atomic E-state index is 12.4. The fourth-order valence-corrected chi connectivity index (χ4v) is 4.10. The number of amides is 1. The Hall–Kier alpha value is -1.60. The normalized spacial score (nSPS) is 17.1. The lowest BCUT2D eigenvalue weighted by Crippen LogP contribution is -2.36. The Labute approximate surface area is 150 Å². The molecule has 0 heterocycles. The van der Waals surface area contributed by atoms with Gasteiger partial charge in [-0.15, -0.1) is 0 Å². The van der Waals surface area contributed by atoms with Gasteiger partial charge in [-0.2, -0.15) is 0 Å². The Bertz CT molecular complexity index is 710. The number of aryl methyl sites for hydroxylation is 1. The molecule has 0 aliphatic heterocycles. The van der Waals surface area contributed by atoms with Crippen LogP contribution < -0.4 is 15.8 Å². The summed E-state index contributed by atoms with van der Waals surface area (Å²) < 4.78 is 25.9. The van der Waals surface area contributed by atoms with Crippen LogP contribution in [0, 0.1) is 12.3 Å². The van der Waals surface area contributed by atoms with Gasteiger partial charge in [-0.05, 0) is 62.4 Å². The number of anilines is 2. The standard InChI is InChI=1S/C18H29N3O3S/c1-3-25(23,24)21-16-8-7-15(11-14(16)2)20-17(22)12-18(13-19)9-5-4-6-10-18/h7-8,11,21H,3-6,9-10,12-13,19H2,1-2H3,(H,20,22). The van der Waals surface area contributed by atoms with E-state index in [-0.39, 0.29) is 17.1 Å².